The fourth-order valence-corrected chi connectivity index (χ4v) is 66.2. The summed E-state index contributed by atoms with van der Waals surface area (Å²) in [5, 5.41) is 0. The molecule has 0 amide bonds. The minimum atomic E-state index is -8.49. The normalized spacial score (nSPS) is 13.2. The smallest absolute Gasteiger partial charge is 0.0654 e. The molecule has 0 bridgehead atoms. The second kappa shape index (κ2) is 65.1. The first-order valence-electron chi connectivity index (χ1n) is 43.4. The molecule has 0 unspecified atom stereocenters. The molecule has 0 heterocycles. The Labute approximate surface area is 575 Å². The van der Waals surface area contributed by atoms with Gasteiger partial charge in [-0.15, -0.1) is 0 Å². The maximum absolute atomic E-state index is 17.5. The fourth-order valence-electron chi connectivity index (χ4n) is 16.2. The molecule has 0 spiro atoms. The second-order valence-electron chi connectivity index (χ2n) is 31.4. The standard InChI is InChI=1S/2C42H87Si.Cr.4O/c2*1-4-7-10-13-16-19-22-25-28-31-34-37-40-43(41-38-35-32-29-26-23-20-17-14-11-8-5-2)42-39-36-33-30-27-24-21-18-15-12-9-6-3;;;;;/h2*4-42H2,1-3H3;;;;;/q;;;;;2*-1. The minimum Gasteiger partial charge on any atom is -0.0654 e. The van der Waals surface area contributed by atoms with E-state index < -0.39 is 23.4 Å². The number of unbranched alkanes of at least 4 members (excludes halogenated alkanes) is 66. The Morgan fingerprint density at radius 3 is 0.319 bits per heavy atom. The third-order valence-electron chi connectivity index (χ3n) is 22.8. The van der Waals surface area contributed by atoms with Gasteiger partial charge in [0.25, 0.3) is 0 Å². The van der Waals surface area contributed by atoms with Crippen LogP contribution in [-0.2, 0) is 17.8 Å². The van der Waals surface area contributed by atoms with Crippen LogP contribution in [0.4, 0.5) is 0 Å². The van der Waals surface area contributed by atoms with E-state index in [0.29, 0.717) is 36.3 Å². The van der Waals surface area contributed by atoms with E-state index in [4.69, 9.17) is 0 Å². The third kappa shape index (κ3) is 48.8. The molecule has 0 saturated carbocycles. The van der Waals surface area contributed by atoms with Crippen molar-refractivity contribution in [2.45, 2.75) is 540 Å². The fraction of sp³-hybridized carbons (Fsp3) is 1.00. The van der Waals surface area contributed by atoms with Gasteiger partial charge in [-0.3, -0.25) is 0 Å². The van der Waals surface area contributed by atoms with Crippen LogP contribution in [0.5, 0.6) is 0 Å². The van der Waals surface area contributed by atoms with Gasteiger partial charge in [-0.1, -0.05) is 119 Å². The first-order chi connectivity index (χ1) is 44.4. The van der Waals surface area contributed by atoms with Crippen molar-refractivity contribution < 1.29 is 26.1 Å². The van der Waals surface area contributed by atoms with Crippen molar-refractivity contribution in [3.05, 3.63) is 0 Å². The molecule has 91 heavy (non-hydrogen) atoms. The zero-order valence-electron chi connectivity index (χ0n) is 64.2. The summed E-state index contributed by atoms with van der Waals surface area (Å²) in [6, 6.07) is 2.92. The van der Waals surface area contributed by atoms with Crippen LogP contribution < -0.4 is 8.32 Å². The molecule has 0 aliphatic carbocycles. The Hall–Kier alpha value is 0.486. The Kier molecular flexibility index (Phi) is 65.5. The molecule has 0 aromatic rings. The Morgan fingerprint density at radius 1 is 0.154 bits per heavy atom. The van der Waals surface area contributed by atoms with Crippen LogP contribution in [0.25, 0.3) is 0 Å². The van der Waals surface area contributed by atoms with Crippen LogP contribution in [0.1, 0.15) is 504 Å². The van der Waals surface area contributed by atoms with E-state index in [2.05, 4.69) is 41.5 Å². The first kappa shape index (κ1) is 91.5. The first-order valence-corrected chi connectivity index (χ1v) is 54.4. The van der Waals surface area contributed by atoms with Crippen LogP contribution in [-0.4, -0.2) is 13.3 Å². The zero-order valence-corrected chi connectivity index (χ0v) is 67.5. The quantitative estimate of drug-likeness (QED) is 0.0449. The summed E-state index contributed by atoms with van der Waals surface area (Å²) in [6.07, 6.45) is 88.5. The van der Waals surface area contributed by atoms with Crippen LogP contribution in [0, 0.1) is 0 Å². The van der Waals surface area contributed by atoms with Crippen molar-refractivity contribution in [2.75, 3.05) is 0 Å². The average Bonchev–Trinajstić information content (AvgIpc) is 0.656. The maximum atomic E-state index is 17.5. The van der Waals surface area contributed by atoms with Crippen molar-refractivity contribution >= 4 is 13.3 Å². The van der Waals surface area contributed by atoms with Crippen LogP contribution in [0.2, 0.25) is 36.3 Å². The van der Waals surface area contributed by atoms with E-state index in [1.807, 2.05) is 0 Å². The van der Waals surface area contributed by atoms with Crippen molar-refractivity contribution in [3.63, 3.8) is 0 Å². The molecule has 0 saturated heterocycles. The van der Waals surface area contributed by atoms with Gasteiger partial charge < -0.3 is 0 Å². The van der Waals surface area contributed by atoms with Gasteiger partial charge in [-0.2, -0.15) is 0 Å². The van der Waals surface area contributed by atoms with Crippen LogP contribution >= 0.6 is 0 Å². The summed E-state index contributed by atoms with van der Waals surface area (Å²) in [5.74, 6) is 0. The summed E-state index contributed by atoms with van der Waals surface area (Å²) in [5.41, 5.74) is 0. The predicted molar refractivity (Wildman–Crippen MR) is 408 cm³/mol. The van der Waals surface area contributed by atoms with E-state index in [0.717, 1.165) is 116 Å². The van der Waals surface area contributed by atoms with Gasteiger partial charge in [0.1, 0.15) is 0 Å². The van der Waals surface area contributed by atoms with Gasteiger partial charge in [0.15, 0.2) is 0 Å². The molecule has 0 atom stereocenters. The third-order valence-corrected chi connectivity index (χ3v) is 67.8. The van der Waals surface area contributed by atoms with E-state index in [1.54, 1.807) is 0 Å². The summed E-state index contributed by atoms with van der Waals surface area (Å²) < 4.78 is 70.1. The van der Waals surface area contributed by atoms with Gasteiger partial charge in [0.2, 0.25) is 0 Å². The van der Waals surface area contributed by atoms with E-state index in [1.165, 1.54) is 347 Å². The van der Waals surface area contributed by atoms with Crippen molar-refractivity contribution in [1.82, 2.24) is 0 Å². The topological polar surface area (TPSA) is 80.3 Å². The van der Waals surface area contributed by atoms with E-state index >= 15 is 15.9 Å². The molecule has 0 aromatic heterocycles. The summed E-state index contributed by atoms with van der Waals surface area (Å²) in [7, 11) is -8.49. The van der Waals surface area contributed by atoms with Gasteiger partial charge >= 0.3 is 461 Å². The molecule has 4 nitrogen and oxygen atoms in total. The van der Waals surface area contributed by atoms with Crippen molar-refractivity contribution in [3.8, 4) is 0 Å². The van der Waals surface area contributed by atoms with Gasteiger partial charge in [0.05, 0.1) is 0 Å². The van der Waals surface area contributed by atoms with E-state index in [-0.39, 0.29) is 0 Å². The Balaban J connectivity index is 7.33. The molecule has 0 rings (SSSR count). The molecule has 0 radical (unpaired) electrons. The molecule has 0 aliphatic rings. The molecular formula is C84H174CrO4Si2-2. The summed E-state index contributed by atoms with van der Waals surface area (Å²) in [6.45, 7) is 5.81. The minimum absolute atomic E-state index is 0.486. The number of hydrogen-bond acceptors (Lipinski definition) is 4. The average molecular weight is 1360 g/mol. The molecule has 0 N–H and O–H groups in total. The van der Waals surface area contributed by atoms with Crippen LogP contribution in [0.3, 0.4) is 0 Å². The summed E-state index contributed by atoms with van der Waals surface area (Å²) in [4.78, 5) is 0. The molecule has 0 aliphatic heterocycles. The SMILES string of the molecule is CCCCCCCCCCCCCC[Si](CCCCCCCCCCCCCC)(CCCCCCCCCCCCCC)[Cr](=[O])(=[O])([O-])([O-])[Si](CCCCCCCCCCCCCC)(CCCCCCCCCCCCCC)CCCCCCCCCCCCCC. The molecule has 7 heteroatoms. The Bertz CT molecular complexity index is 1370. The van der Waals surface area contributed by atoms with Crippen molar-refractivity contribution in [2.24, 2.45) is 0 Å². The monoisotopic (exact) mass is 1360 g/mol. The van der Waals surface area contributed by atoms with Crippen molar-refractivity contribution in [1.29, 1.82) is 0 Å². The predicted octanol–water partition coefficient (Wildman–Crippen LogP) is 30.6. The summed E-state index contributed by atoms with van der Waals surface area (Å²) >= 11 is 0. The molecule has 0 fully saturated rings. The van der Waals surface area contributed by atoms with Gasteiger partial charge in [-0.05, 0) is 0 Å². The van der Waals surface area contributed by atoms with E-state index in [9.17, 15) is 0 Å². The molecular weight excluding hydrogens is 1180 g/mol. The van der Waals surface area contributed by atoms with Gasteiger partial charge in [-0.25, -0.2) is 0 Å². The second-order valence-corrected chi connectivity index (χ2v) is 59.8. The number of rotatable bonds is 80. The van der Waals surface area contributed by atoms with Crippen LogP contribution in [0.15, 0.2) is 0 Å². The van der Waals surface area contributed by atoms with Gasteiger partial charge in [0, 0.05) is 0 Å². The molecule has 0 aromatic carbocycles. The number of hydrogen-bond donors (Lipinski definition) is 0. The zero-order chi connectivity index (χ0) is 66.6. The Morgan fingerprint density at radius 2 is 0.231 bits per heavy atom. The molecule has 550 valence electrons.